The van der Waals surface area contributed by atoms with Gasteiger partial charge in [-0.3, -0.25) is 32.8 Å². The molecule has 1 amide bonds. The molecule has 2 unspecified atom stereocenters. The molecule has 0 saturated heterocycles. The van der Waals surface area contributed by atoms with Gasteiger partial charge < -0.3 is 9.47 Å². The van der Waals surface area contributed by atoms with Gasteiger partial charge in [0.2, 0.25) is 19.5 Å². The topological polar surface area (TPSA) is 118 Å². The molecule has 10 nitrogen and oxygen atoms in total. The van der Waals surface area contributed by atoms with E-state index in [-0.39, 0.29) is 23.0 Å². The van der Waals surface area contributed by atoms with Crippen LogP contribution in [0.4, 0.5) is 4.39 Å². The monoisotopic (exact) mass is 691 g/mol. The Kier molecular flexibility index (Phi) is 14.0. The van der Waals surface area contributed by atoms with Gasteiger partial charge in [0, 0.05) is 13.5 Å². The van der Waals surface area contributed by atoms with E-state index in [9.17, 15) is 23.3 Å². The van der Waals surface area contributed by atoms with Crippen molar-refractivity contribution in [2.45, 2.75) is 73.6 Å². The van der Waals surface area contributed by atoms with Gasteiger partial charge in [0.1, 0.15) is 11.9 Å². The Balaban J connectivity index is 2.43. The van der Waals surface area contributed by atoms with Crippen LogP contribution in [-0.4, -0.2) is 43.0 Å². The second-order valence-corrected chi connectivity index (χ2v) is 15.3. The van der Waals surface area contributed by atoms with E-state index >= 15 is 0 Å². The van der Waals surface area contributed by atoms with E-state index in [1.165, 1.54) is 43.3 Å². The molecule has 45 heavy (non-hydrogen) atoms. The standard InChI is InChI=1S/C31H41Cl2FNO9P/c1-20(22-9-12-24(34)13-10-22)44-35(21(2)36)16-15-27(23-11-14-25(32)26(33)17-23)45(39,42-18-40-28(37)30(3,4)5)43-19-41-29(38)31(6,7)8/h9-14,17,20,27H,15-16,18-19H2,1-8H3. The molecule has 0 radical (unpaired) electrons. The van der Waals surface area contributed by atoms with Crippen molar-refractivity contribution in [1.29, 1.82) is 0 Å². The number of rotatable bonds is 14. The molecule has 0 aliphatic heterocycles. The van der Waals surface area contributed by atoms with Crippen molar-refractivity contribution in [3.05, 3.63) is 69.5 Å². The van der Waals surface area contributed by atoms with Crippen molar-refractivity contribution in [2.75, 3.05) is 20.1 Å². The van der Waals surface area contributed by atoms with E-state index in [4.69, 9.17) is 46.6 Å². The molecule has 2 aromatic rings. The molecule has 0 aliphatic rings. The van der Waals surface area contributed by atoms with E-state index in [1.54, 1.807) is 54.5 Å². The van der Waals surface area contributed by atoms with Crippen LogP contribution in [0.3, 0.4) is 0 Å². The van der Waals surface area contributed by atoms with Crippen LogP contribution in [-0.2, 0) is 42.3 Å². The van der Waals surface area contributed by atoms with E-state index in [1.807, 2.05) is 0 Å². The minimum absolute atomic E-state index is 0.0780. The van der Waals surface area contributed by atoms with Crippen LogP contribution in [0, 0.1) is 16.6 Å². The highest BCUT2D eigenvalue weighted by Crippen LogP contribution is 2.63. The highest BCUT2D eigenvalue weighted by molar-refractivity contribution is 7.54. The smallest absolute Gasteiger partial charge is 0.343 e. The first-order valence-electron chi connectivity index (χ1n) is 14.1. The van der Waals surface area contributed by atoms with E-state index in [0.717, 1.165) is 5.06 Å². The van der Waals surface area contributed by atoms with Crippen LogP contribution >= 0.6 is 30.8 Å². The predicted octanol–water partition coefficient (Wildman–Crippen LogP) is 8.42. The number of hydroxylamine groups is 2. The van der Waals surface area contributed by atoms with E-state index in [2.05, 4.69) is 0 Å². The normalized spacial score (nSPS) is 13.6. The van der Waals surface area contributed by atoms with Crippen LogP contribution in [0.2, 0.25) is 10.0 Å². The molecule has 250 valence electrons. The van der Waals surface area contributed by atoms with E-state index < -0.39 is 67.4 Å². The number of nitrogens with zero attached hydrogens (tertiary/aromatic N) is 1. The van der Waals surface area contributed by atoms with Gasteiger partial charge in [-0.25, -0.2) is 9.45 Å². The molecular weight excluding hydrogens is 651 g/mol. The van der Waals surface area contributed by atoms with Gasteiger partial charge in [-0.05, 0) is 90.3 Å². The summed E-state index contributed by atoms with van der Waals surface area (Å²) in [5.74, 6) is -2.13. The summed E-state index contributed by atoms with van der Waals surface area (Å²) >= 11 is 12.4. The number of carbonyl (C=O) groups excluding carboxylic acids is 3. The number of halogens is 3. The largest absolute Gasteiger partial charge is 0.438 e. The van der Waals surface area contributed by atoms with Crippen LogP contribution in [0.1, 0.15) is 84.7 Å². The van der Waals surface area contributed by atoms with Crippen molar-refractivity contribution in [3.8, 4) is 0 Å². The van der Waals surface area contributed by atoms with Crippen LogP contribution < -0.4 is 0 Å². The van der Waals surface area contributed by atoms with Gasteiger partial charge >= 0.3 is 19.5 Å². The van der Waals surface area contributed by atoms with Crippen LogP contribution in [0.15, 0.2) is 42.5 Å². The average molecular weight is 693 g/mol. The summed E-state index contributed by atoms with van der Waals surface area (Å²) in [6, 6.07) is 10.1. The number of amides is 1. The molecule has 0 bridgehead atoms. The number of carbonyl (C=O) groups is 3. The molecule has 0 heterocycles. The predicted molar refractivity (Wildman–Crippen MR) is 168 cm³/mol. The highest BCUT2D eigenvalue weighted by Gasteiger charge is 2.40. The Hall–Kier alpha value is -2.53. The molecule has 0 aliphatic carbocycles. The Labute approximate surface area is 273 Å². The molecular formula is C31H41Cl2FNO9P. The minimum Gasteiger partial charge on any atom is -0.438 e. The lowest BCUT2D eigenvalue weighted by molar-refractivity contribution is -0.203. The lowest BCUT2D eigenvalue weighted by Crippen LogP contribution is -2.32. The van der Waals surface area contributed by atoms with E-state index in [0.29, 0.717) is 11.1 Å². The van der Waals surface area contributed by atoms with Gasteiger partial charge in [-0.15, -0.1) is 0 Å². The number of esters is 2. The summed E-state index contributed by atoms with van der Waals surface area (Å²) in [6.07, 6.45) is -0.725. The Morgan fingerprint density at radius 1 is 0.844 bits per heavy atom. The fourth-order valence-corrected chi connectivity index (χ4v) is 5.79. The minimum atomic E-state index is -4.38. The third-order valence-corrected chi connectivity index (χ3v) is 9.35. The maximum absolute atomic E-state index is 14.5. The van der Waals surface area contributed by atoms with Gasteiger partial charge in [0.05, 0.1) is 26.5 Å². The van der Waals surface area contributed by atoms with Crippen molar-refractivity contribution in [2.24, 2.45) is 10.8 Å². The maximum atomic E-state index is 14.5. The first kappa shape index (κ1) is 38.7. The van der Waals surface area contributed by atoms with Crippen LogP contribution in [0.25, 0.3) is 0 Å². The number of hydrogen-bond acceptors (Lipinski definition) is 9. The fourth-order valence-electron chi connectivity index (χ4n) is 3.69. The van der Waals surface area contributed by atoms with Gasteiger partial charge in [0.25, 0.3) is 0 Å². The molecule has 2 atom stereocenters. The number of hydrogen-bond donors (Lipinski definition) is 0. The van der Waals surface area contributed by atoms with Gasteiger partial charge in [-0.1, -0.05) is 41.4 Å². The molecule has 0 spiro atoms. The summed E-state index contributed by atoms with van der Waals surface area (Å²) in [5, 5.41) is 1.45. The zero-order valence-corrected chi connectivity index (χ0v) is 29.1. The first-order valence-corrected chi connectivity index (χ1v) is 16.5. The summed E-state index contributed by atoms with van der Waals surface area (Å²) in [5.41, 5.74) is -1.92. The fraction of sp³-hybridized carbons (Fsp3) is 0.516. The third kappa shape index (κ3) is 12.0. The highest BCUT2D eigenvalue weighted by atomic mass is 35.5. The summed E-state index contributed by atoms with van der Waals surface area (Å²) in [4.78, 5) is 43.3. The quantitative estimate of drug-likeness (QED) is 0.0832. The zero-order valence-electron chi connectivity index (χ0n) is 26.7. The van der Waals surface area contributed by atoms with Gasteiger partial charge in [-0.2, -0.15) is 0 Å². The second kappa shape index (κ2) is 16.3. The molecule has 0 fully saturated rings. The second-order valence-electron chi connectivity index (χ2n) is 12.3. The first-order chi connectivity index (χ1) is 20.7. The lowest BCUT2D eigenvalue weighted by Gasteiger charge is -2.30. The molecule has 0 aromatic heterocycles. The third-order valence-electron chi connectivity index (χ3n) is 6.36. The summed E-state index contributed by atoms with van der Waals surface area (Å²) < 4.78 is 49.7. The van der Waals surface area contributed by atoms with Gasteiger partial charge in [0.15, 0.2) is 0 Å². The van der Waals surface area contributed by atoms with Crippen molar-refractivity contribution < 1.29 is 46.7 Å². The summed E-state index contributed by atoms with van der Waals surface area (Å²) in [7, 11) is -4.38. The zero-order chi connectivity index (χ0) is 34.2. The Morgan fingerprint density at radius 3 is 1.78 bits per heavy atom. The molecule has 0 saturated carbocycles. The Bertz CT molecular complexity index is 1340. The van der Waals surface area contributed by atoms with Crippen molar-refractivity contribution in [1.82, 2.24) is 5.06 Å². The molecule has 0 N–H and O–H groups in total. The molecule has 14 heteroatoms. The SMILES string of the molecule is CC(=O)N(CCC(c1ccc(Cl)c(Cl)c1)P(=O)(OCOC(=O)C(C)(C)C)OCOC(=O)C(C)(C)C)OC(C)c1ccc(F)cc1. The number of benzene rings is 2. The average Bonchev–Trinajstić information content (AvgIpc) is 2.93. The lowest BCUT2D eigenvalue weighted by atomic mass is 9.98. The molecule has 2 rings (SSSR count). The molecule has 2 aromatic carbocycles. The van der Waals surface area contributed by atoms with Crippen molar-refractivity contribution >= 4 is 48.6 Å². The van der Waals surface area contributed by atoms with Crippen molar-refractivity contribution in [3.63, 3.8) is 0 Å². The number of ether oxygens (including phenoxy) is 2. The maximum Gasteiger partial charge on any atom is 0.343 e. The summed E-state index contributed by atoms with van der Waals surface area (Å²) in [6.45, 7) is 11.2. The van der Waals surface area contributed by atoms with Crippen LogP contribution in [0.5, 0.6) is 0 Å². The Morgan fingerprint density at radius 2 is 1.33 bits per heavy atom.